The summed E-state index contributed by atoms with van der Waals surface area (Å²) < 4.78 is 5.35. The van der Waals surface area contributed by atoms with Crippen LogP contribution >= 0.6 is 12.2 Å². The van der Waals surface area contributed by atoms with Crippen molar-refractivity contribution >= 4 is 23.0 Å². The Hall–Kier alpha value is -1.79. The predicted molar refractivity (Wildman–Crippen MR) is 121 cm³/mol. The van der Waals surface area contributed by atoms with Crippen molar-refractivity contribution in [2.24, 2.45) is 0 Å². The standard InChI is InChI=1S/C23H33N3O2S/c1-27-20-11-7-8-18(16-20)21-17-23(28-25-21)12-14-26(15-13-23)22(29)24-19-9-5-3-2-4-6-10-19/h7-8,11,16-17,19,25H,2-6,9-10,12-15H2,1H3,(H,24,29). The first-order chi connectivity index (χ1) is 14.2. The Morgan fingerprint density at radius 3 is 2.62 bits per heavy atom. The third-order valence-corrected chi connectivity index (χ3v) is 6.86. The molecule has 1 saturated heterocycles. The Bertz CT molecular complexity index is 735. The van der Waals surface area contributed by atoms with E-state index in [2.05, 4.69) is 27.8 Å². The van der Waals surface area contributed by atoms with Crippen molar-refractivity contribution in [2.75, 3.05) is 20.2 Å². The van der Waals surface area contributed by atoms with Crippen LogP contribution in [0.1, 0.15) is 63.4 Å². The number of rotatable bonds is 3. The minimum atomic E-state index is -0.245. The molecule has 1 spiro atoms. The van der Waals surface area contributed by atoms with E-state index in [1.807, 2.05) is 18.2 Å². The SMILES string of the molecule is COc1cccc(C2=CC3(CCN(C(=S)NC4CCCCCCC4)CC3)ON2)c1. The Kier molecular flexibility index (Phi) is 6.60. The van der Waals surface area contributed by atoms with Crippen molar-refractivity contribution in [3.05, 3.63) is 35.9 Å². The summed E-state index contributed by atoms with van der Waals surface area (Å²) in [4.78, 5) is 8.38. The maximum Gasteiger partial charge on any atom is 0.169 e. The quantitative estimate of drug-likeness (QED) is 0.714. The second kappa shape index (κ2) is 9.35. The van der Waals surface area contributed by atoms with Crippen LogP contribution < -0.4 is 15.5 Å². The largest absolute Gasteiger partial charge is 0.497 e. The number of methoxy groups -OCH3 is 1. The third kappa shape index (κ3) is 5.04. The van der Waals surface area contributed by atoms with Gasteiger partial charge in [-0.1, -0.05) is 44.2 Å². The van der Waals surface area contributed by atoms with Crippen molar-refractivity contribution in [3.63, 3.8) is 0 Å². The second-order valence-electron chi connectivity index (χ2n) is 8.54. The molecule has 3 aliphatic rings. The van der Waals surface area contributed by atoms with Gasteiger partial charge in [0.05, 0.1) is 12.8 Å². The zero-order chi connectivity index (χ0) is 20.1. The van der Waals surface area contributed by atoms with Gasteiger partial charge in [0.15, 0.2) is 5.11 Å². The molecule has 29 heavy (non-hydrogen) atoms. The smallest absolute Gasteiger partial charge is 0.169 e. The van der Waals surface area contributed by atoms with Crippen molar-refractivity contribution < 1.29 is 9.57 Å². The summed E-state index contributed by atoms with van der Waals surface area (Å²) in [5, 5.41) is 4.58. The average Bonchev–Trinajstić information content (AvgIpc) is 3.14. The van der Waals surface area contributed by atoms with E-state index in [9.17, 15) is 0 Å². The number of thiocarbonyl (C=S) groups is 1. The van der Waals surface area contributed by atoms with Gasteiger partial charge in [0.25, 0.3) is 0 Å². The van der Waals surface area contributed by atoms with Crippen LogP contribution in [0.5, 0.6) is 5.75 Å². The summed E-state index contributed by atoms with van der Waals surface area (Å²) in [7, 11) is 1.69. The Morgan fingerprint density at radius 2 is 1.90 bits per heavy atom. The molecule has 4 rings (SSSR count). The van der Waals surface area contributed by atoms with Gasteiger partial charge in [0.1, 0.15) is 11.4 Å². The minimum absolute atomic E-state index is 0.245. The molecule has 2 fully saturated rings. The van der Waals surface area contributed by atoms with Crippen LogP contribution in [0.25, 0.3) is 5.70 Å². The molecule has 158 valence electrons. The number of nitrogens with zero attached hydrogens (tertiary/aromatic N) is 1. The van der Waals surface area contributed by atoms with Gasteiger partial charge >= 0.3 is 0 Å². The van der Waals surface area contributed by atoms with Crippen LogP contribution in [0.4, 0.5) is 0 Å². The molecule has 1 aromatic carbocycles. The first kappa shape index (κ1) is 20.5. The molecule has 5 nitrogen and oxygen atoms in total. The van der Waals surface area contributed by atoms with E-state index in [-0.39, 0.29) is 5.60 Å². The number of benzene rings is 1. The normalized spacial score (nSPS) is 22.4. The maximum atomic E-state index is 6.06. The molecular weight excluding hydrogens is 382 g/mol. The summed E-state index contributed by atoms with van der Waals surface area (Å²) in [5.74, 6) is 0.853. The molecule has 0 amide bonds. The highest BCUT2D eigenvalue weighted by Gasteiger charge is 2.39. The monoisotopic (exact) mass is 415 g/mol. The number of hydroxylamine groups is 1. The van der Waals surface area contributed by atoms with Crippen LogP contribution in [-0.2, 0) is 4.84 Å². The molecule has 2 aliphatic heterocycles. The predicted octanol–water partition coefficient (Wildman–Crippen LogP) is 4.39. The van der Waals surface area contributed by atoms with Crippen LogP contribution in [0.3, 0.4) is 0 Å². The van der Waals surface area contributed by atoms with Gasteiger partial charge in [-0.15, -0.1) is 0 Å². The highest BCUT2D eigenvalue weighted by Crippen LogP contribution is 2.35. The molecule has 1 aliphatic carbocycles. The fourth-order valence-corrected chi connectivity index (χ4v) is 4.96. The van der Waals surface area contributed by atoms with Gasteiger partial charge in [-0.05, 0) is 43.3 Å². The molecule has 0 unspecified atom stereocenters. The Morgan fingerprint density at radius 1 is 1.17 bits per heavy atom. The van der Waals surface area contributed by atoms with Crippen molar-refractivity contribution in [3.8, 4) is 5.75 Å². The maximum absolute atomic E-state index is 6.06. The highest BCUT2D eigenvalue weighted by atomic mass is 32.1. The van der Waals surface area contributed by atoms with E-state index in [0.717, 1.165) is 48.1 Å². The number of piperidine rings is 1. The molecule has 0 aromatic heterocycles. The Labute approximate surface area is 179 Å². The van der Waals surface area contributed by atoms with Gasteiger partial charge in [-0.3, -0.25) is 10.3 Å². The van der Waals surface area contributed by atoms with E-state index in [1.165, 1.54) is 44.9 Å². The van der Waals surface area contributed by atoms with E-state index >= 15 is 0 Å². The number of hydrogen-bond donors (Lipinski definition) is 2. The van der Waals surface area contributed by atoms with E-state index in [1.54, 1.807) is 7.11 Å². The van der Waals surface area contributed by atoms with Gasteiger partial charge in [-0.25, -0.2) is 0 Å². The molecule has 0 bridgehead atoms. The summed E-state index contributed by atoms with van der Waals surface area (Å²) in [5.41, 5.74) is 5.01. The minimum Gasteiger partial charge on any atom is -0.497 e. The summed E-state index contributed by atoms with van der Waals surface area (Å²) in [6.45, 7) is 1.84. The molecular formula is C23H33N3O2S. The number of likely N-dealkylation sites (tertiary alicyclic amines) is 1. The van der Waals surface area contributed by atoms with Gasteiger partial charge in [0, 0.05) is 37.5 Å². The lowest BCUT2D eigenvalue weighted by molar-refractivity contribution is -0.0618. The number of hydrogen-bond acceptors (Lipinski definition) is 4. The average molecular weight is 416 g/mol. The molecule has 1 saturated carbocycles. The fraction of sp³-hybridized carbons (Fsp3) is 0.609. The molecule has 6 heteroatoms. The van der Waals surface area contributed by atoms with E-state index in [0.29, 0.717) is 6.04 Å². The van der Waals surface area contributed by atoms with Crippen molar-refractivity contribution in [1.82, 2.24) is 15.7 Å². The van der Waals surface area contributed by atoms with Crippen LogP contribution in [0.2, 0.25) is 0 Å². The second-order valence-corrected chi connectivity index (χ2v) is 8.92. The first-order valence-electron chi connectivity index (χ1n) is 11.0. The van der Waals surface area contributed by atoms with Crippen molar-refractivity contribution in [1.29, 1.82) is 0 Å². The van der Waals surface area contributed by atoms with Gasteiger partial charge < -0.3 is 15.0 Å². The topological polar surface area (TPSA) is 45.8 Å². The lowest BCUT2D eigenvalue weighted by atomic mass is 9.90. The number of ether oxygens (including phenoxy) is 1. The molecule has 2 heterocycles. The third-order valence-electron chi connectivity index (χ3n) is 6.48. The van der Waals surface area contributed by atoms with Crippen molar-refractivity contribution in [2.45, 2.75) is 69.4 Å². The van der Waals surface area contributed by atoms with Crippen LogP contribution in [0.15, 0.2) is 30.3 Å². The summed E-state index contributed by atoms with van der Waals surface area (Å²) >= 11 is 5.75. The highest BCUT2D eigenvalue weighted by molar-refractivity contribution is 7.80. The number of nitrogens with one attached hydrogen (secondary N) is 2. The van der Waals surface area contributed by atoms with Gasteiger partial charge in [0.2, 0.25) is 0 Å². The van der Waals surface area contributed by atoms with E-state index in [4.69, 9.17) is 21.8 Å². The van der Waals surface area contributed by atoms with Crippen LogP contribution in [0, 0.1) is 0 Å². The molecule has 2 N–H and O–H groups in total. The van der Waals surface area contributed by atoms with E-state index < -0.39 is 0 Å². The molecule has 0 atom stereocenters. The zero-order valence-electron chi connectivity index (χ0n) is 17.4. The summed E-state index contributed by atoms with van der Waals surface area (Å²) in [6.07, 6.45) is 13.4. The Balaban J connectivity index is 1.32. The lowest BCUT2D eigenvalue weighted by Crippen LogP contribution is -2.51. The molecule has 0 radical (unpaired) electrons. The zero-order valence-corrected chi connectivity index (χ0v) is 18.2. The lowest BCUT2D eigenvalue weighted by Gasteiger charge is -2.39. The van der Waals surface area contributed by atoms with Crippen LogP contribution in [-0.4, -0.2) is 41.9 Å². The summed E-state index contributed by atoms with van der Waals surface area (Å²) in [6, 6.07) is 8.61. The fourth-order valence-electron chi connectivity index (χ4n) is 4.61. The molecule has 1 aromatic rings. The first-order valence-corrected chi connectivity index (χ1v) is 11.5. The van der Waals surface area contributed by atoms with Gasteiger partial charge in [-0.2, -0.15) is 0 Å².